The number of carbonyl (C=O) groups excluding carboxylic acids is 2. The highest BCUT2D eigenvalue weighted by Crippen LogP contribution is 2.32. The smallest absolute Gasteiger partial charge is 0.271 e. The van der Waals surface area contributed by atoms with Crippen molar-refractivity contribution in [2.45, 2.75) is 52.0 Å². The van der Waals surface area contributed by atoms with Gasteiger partial charge in [0.2, 0.25) is 0 Å². The maximum Gasteiger partial charge on any atom is 0.271 e. The number of halogens is 1. The Labute approximate surface area is 158 Å². The molecule has 1 heterocycles. The molecule has 6 heteroatoms. The van der Waals surface area contributed by atoms with E-state index < -0.39 is 5.91 Å². The van der Waals surface area contributed by atoms with Gasteiger partial charge in [0.05, 0.1) is 16.1 Å². The summed E-state index contributed by atoms with van der Waals surface area (Å²) >= 11 is 6.01. The Bertz CT molecular complexity index is 822. The minimum atomic E-state index is -0.440. The summed E-state index contributed by atoms with van der Waals surface area (Å²) in [4.78, 5) is 24.8. The molecule has 0 unspecified atom stereocenters. The number of rotatable bonds is 3. The van der Waals surface area contributed by atoms with Crippen LogP contribution < -0.4 is 10.9 Å². The summed E-state index contributed by atoms with van der Waals surface area (Å²) in [5.41, 5.74) is 7.88. The second kappa shape index (κ2) is 7.96. The van der Waals surface area contributed by atoms with Gasteiger partial charge in [0.25, 0.3) is 11.8 Å². The Morgan fingerprint density at radius 3 is 2.27 bits per heavy atom. The topological polar surface area (TPSA) is 63.1 Å². The molecule has 3 rings (SSSR count). The molecule has 1 aliphatic rings. The zero-order chi connectivity index (χ0) is 18.7. The van der Waals surface area contributed by atoms with Crippen LogP contribution in [0.3, 0.4) is 0 Å². The molecule has 1 fully saturated rings. The van der Waals surface area contributed by atoms with Gasteiger partial charge in [-0.1, -0.05) is 43.0 Å². The predicted octanol–water partition coefficient (Wildman–Crippen LogP) is 4.34. The number of nitrogens with one attached hydrogen (secondary N) is 2. The molecule has 0 bridgehead atoms. The first-order valence-corrected chi connectivity index (χ1v) is 9.40. The Hall–Kier alpha value is -2.27. The first-order chi connectivity index (χ1) is 12.5. The van der Waals surface area contributed by atoms with Gasteiger partial charge in [-0.2, -0.15) is 0 Å². The summed E-state index contributed by atoms with van der Waals surface area (Å²) in [6.07, 6.45) is 6.06. The highest BCUT2D eigenvalue weighted by molar-refractivity contribution is 6.33. The summed E-state index contributed by atoms with van der Waals surface area (Å²) in [5.74, 6) is -0.759. The molecule has 2 aromatic rings. The fraction of sp³-hybridized carbons (Fsp3) is 0.400. The minimum absolute atomic E-state index is 0.319. The summed E-state index contributed by atoms with van der Waals surface area (Å²) in [6.45, 7) is 3.99. The molecule has 2 N–H and O–H groups in total. The van der Waals surface area contributed by atoms with Crippen LogP contribution in [0, 0.1) is 13.8 Å². The van der Waals surface area contributed by atoms with Gasteiger partial charge in [-0.05, 0) is 44.9 Å². The number of carbonyl (C=O) groups is 2. The van der Waals surface area contributed by atoms with Crippen LogP contribution in [0.25, 0.3) is 0 Å². The average Bonchev–Trinajstić information content (AvgIpc) is 2.95. The van der Waals surface area contributed by atoms with Crippen LogP contribution in [0.1, 0.15) is 70.2 Å². The second-order valence-corrected chi connectivity index (χ2v) is 7.24. The van der Waals surface area contributed by atoms with E-state index in [-0.39, 0.29) is 5.91 Å². The van der Waals surface area contributed by atoms with E-state index in [1.807, 2.05) is 19.9 Å². The third kappa shape index (κ3) is 3.78. The van der Waals surface area contributed by atoms with E-state index in [1.54, 1.807) is 24.3 Å². The molecule has 2 amide bonds. The van der Waals surface area contributed by atoms with E-state index >= 15 is 0 Å². The Morgan fingerprint density at radius 1 is 1.00 bits per heavy atom. The van der Waals surface area contributed by atoms with Crippen LogP contribution >= 0.6 is 11.6 Å². The normalized spacial score (nSPS) is 14.9. The molecule has 0 saturated heterocycles. The van der Waals surface area contributed by atoms with Crippen LogP contribution in [0.2, 0.25) is 5.02 Å². The van der Waals surface area contributed by atoms with Crippen molar-refractivity contribution in [2.24, 2.45) is 0 Å². The maximum absolute atomic E-state index is 12.6. The molecule has 5 nitrogen and oxygen atoms in total. The molecule has 0 atom stereocenters. The second-order valence-electron chi connectivity index (χ2n) is 6.83. The first-order valence-electron chi connectivity index (χ1n) is 9.02. The fourth-order valence-corrected chi connectivity index (χ4v) is 4.02. The van der Waals surface area contributed by atoms with Crippen molar-refractivity contribution >= 4 is 23.4 Å². The third-order valence-electron chi connectivity index (χ3n) is 5.08. The summed E-state index contributed by atoms with van der Waals surface area (Å²) in [7, 11) is 0. The number of hydrogen-bond donors (Lipinski definition) is 2. The van der Waals surface area contributed by atoms with Crippen molar-refractivity contribution in [1.29, 1.82) is 0 Å². The quantitative estimate of drug-likeness (QED) is 0.786. The highest BCUT2D eigenvalue weighted by Gasteiger charge is 2.23. The molecule has 0 spiro atoms. The van der Waals surface area contributed by atoms with Gasteiger partial charge in [-0.15, -0.1) is 0 Å². The lowest BCUT2D eigenvalue weighted by Gasteiger charge is -2.26. The third-order valence-corrected chi connectivity index (χ3v) is 5.41. The lowest BCUT2D eigenvalue weighted by Crippen LogP contribution is -2.41. The largest absolute Gasteiger partial charge is 0.345 e. The van der Waals surface area contributed by atoms with Crippen molar-refractivity contribution in [3.05, 3.63) is 57.9 Å². The number of benzene rings is 1. The van der Waals surface area contributed by atoms with Gasteiger partial charge in [0.15, 0.2) is 0 Å². The van der Waals surface area contributed by atoms with Crippen molar-refractivity contribution < 1.29 is 9.59 Å². The van der Waals surface area contributed by atoms with E-state index in [2.05, 4.69) is 15.4 Å². The molecular formula is C20H24ClN3O2. The van der Waals surface area contributed by atoms with Gasteiger partial charge < -0.3 is 4.57 Å². The van der Waals surface area contributed by atoms with Crippen molar-refractivity contribution in [1.82, 2.24) is 15.4 Å². The highest BCUT2D eigenvalue weighted by atomic mass is 35.5. The Kier molecular flexibility index (Phi) is 5.67. The van der Waals surface area contributed by atoms with E-state index in [1.165, 1.54) is 19.3 Å². The number of aryl methyl sites for hydroxylation is 1. The summed E-state index contributed by atoms with van der Waals surface area (Å²) in [5, 5.41) is 0.342. The monoisotopic (exact) mass is 373 g/mol. The minimum Gasteiger partial charge on any atom is -0.345 e. The number of amides is 2. The van der Waals surface area contributed by atoms with Crippen molar-refractivity contribution in [2.75, 3.05) is 0 Å². The number of nitrogens with zero attached hydrogens (tertiary/aromatic N) is 1. The van der Waals surface area contributed by atoms with Crippen LogP contribution in [-0.4, -0.2) is 16.4 Å². The first kappa shape index (κ1) is 18.5. The van der Waals surface area contributed by atoms with Gasteiger partial charge in [-0.3, -0.25) is 20.4 Å². The lowest BCUT2D eigenvalue weighted by atomic mass is 9.95. The van der Waals surface area contributed by atoms with Gasteiger partial charge in [0.1, 0.15) is 0 Å². The van der Waals surface area contributed by atoms with Crippen molar-refractivity contribution in [3.8, 4) is 0 Å². The van der Waals surface area contributed by atoms with Crippen LogP contribution in [0.4, 0.5) is 0 Å². The average molecular weight is 374 g/mol. The molecule has 1 saturated carbocycles. The molecule has 0 radical (unpaired) electrons. The van der Waals surface area contributed by atoms with Gasteiger partial charge in [0, 0.05) is 17.4 Å². The molecular weight excluding hydrogens is 350 g/mol. The van der Waals surface area contributed by atoms with E-state index in [0.29, 0.717) is 22.2 Å². The lowest BCUT2D eigenvalue weighted by molar-refractivity contribution is 0.0846. The predicted molar refractivity (Wildman–Crippen MR) is 102 cm³/mol. The number of hydrazine groups is 1. The number of aromatic nitrogens is 1. The molecule has 1 aromatic heterocycles. The SMILES string of the molecule is Cc1cc(C(=O)NNC(=O)c2ccccc2Cl)c(C)n1C1CCCCC1. The maximum atomic E-state index is 12.6. The Balaban J connectivity index is 1.70. The molecule has 26 heavy (non-hydrogen) atoms. The molecule has 0 aliphatic heterocycles. The van der Waals surface area contributed by atoms with Crippen LogP contribution in [0.5, 0.6) is 0 Å². The number of hydrogen-bond acceptors (Lipinski definition) is 2. The fourth-order valence-electron chi connectivity index (χ4n) is 3.80. The van der Waals surface area contributed by atoms with E-state index in [9.17, 15) is 9.59 Å². The van der Waals surface area contributed by atoms with Crippen molar-refractivity contribution in [3.63, 3.8) is 0 Å². The zero-order valence-electron chi connectivity index (χ0n) is 15.1. The van der Waals surface area contributed by atoms with Crippen LogP contribution in [0.15, 0.2) is 30.3 Å². The Morgan fingerprint density at radius 2 is 1.62 bits per heavy atom. The standard InChI is InChI=1S/C20H24ClN3O2/c1-13-12-17(14(2)24(13)15-8-4-3-5-9-15)20(26)23-22-19(25)16-10-6-7-11-18(16)21/h6-7,10-12,15H,3-5,8-9H2,1-2H3,(H,22,25)(H,23,26). The van der Waals surface area contributed by atoms with Gasteiger partial charge >= 0.3 is 0 Å². The van der Waals surface area contributed by atoms with E-state index in [4.69, 9.17) is 11.6 Å². The van der Waals surface area contributed by atoms with Gasteiger partial charge in [-0.25, -0.2) is 0 Å². The molecule has 1 aromatic carbocycles. The molecule has 138 valence electrons. The summed E-state index contributed by atoms with van der Waals surface area (Å²) < 4.78 is 2.27. The van der Waals surface area contributed by atoms with E-state index in [0.717, 1.165) is 24.2 Å². The zero-order valence-corrected chi connectivity index (χ0v) is 15.9. The van der Waals surface area contributed by atoms with Crippen LogP contribution in [-0.2, 0) is 0 Å². The molecule has 1 aliphatic carbocycles. The summed E-state index contributed by atoms with van der Waals surface area (Å²) in [6, 6.07) is 9.07.